The van der Waals surface area contributed by atoms with Gasteiger partial charge in [-0.25, -0.2) is 8.42 Å². The van der Waals surface area contributed by atoms with Crippen LogP contribution in [0.4, 0.5) is 0 Å². The first-order valence-corrected chi connectivity index (χ1v) is 9.77. The Labute approximate surface area is 153 Å². The van der Waals surface area contributed by atoms with Gasteiger partial charge < -0.3 is 10.3 Å². The quantitative estimate of drug-likeness (QED) is 0.879. The minimum atomic E-state index is -3.59. The van der Waals surface area contributed by atoms with E-state index in [1.54, 1.807) is 34.6 Å². The van der Waals surface area contributed by atoms with Gasteiger partial charge >= 0.3 is 0 Å². The monoisotopic (exact) mass is 383 g/mol. The molecule has 25 heavy (non-hydrogen) atoms. The molecule has 2 aliphatic rings. The van der Waals surface area contributed by atoms with E-state index in [1.807, 2.05) is 0 Å². The summed E-state index contributed by atoms with van der Waals surface area (Å²) in [5.41, 5.74) is 6.78. The molecule has 8 heteroatoms. The molecule has 0 spiro atoms. The molecule has 1 aliphatic heterocycles. The highest BCUT2D eigenvalue weighted by atomic mass is 35.5. The Morgan fingerprint density at radius 1 is 1.16 bits per heavy atom. The summed E-state index contributed by atoms with van der Waals surface area (Å²) in [4.78, 5) is 0.272. The van der Waals surface area contributed by atoms with Crippen molar-refractivity contribution in [3.63, 3.8) is 0 Å². The van der Waals surface area contributed by atoms with Crippen molar-refractivity contribution in [2.45, 2.75) is 30.2 Å². The molecular formula is C17H22ClN3O3S. The molecule has 3 unspecified atom stereocenters. The van der Waals surface area contributed by atoms with Crippen LogP contribution in [0.25, 0.3) is 11.3 Å². The minimum Gasteiger partial charge on any atom is -0.356 e. The van der Waals surface area contributed by atoms with Crippen molar-refractivity contribution in [2.75, 3.05) is 13.1 Å². The van der Waals surface area contributed by atoms with Gasteiger partial charge in [0.25, 0.3) is 0 Å². The highest BCUT2D eigenvalue weighted by Crippen LogP contribution is 2.39. The highest BCUT2D eigenvalue weighted by molar-refractivity contribution is 7.89. The van der Waals surface area contributed by atoms with E-state index < -0.39 is 10.0 Å². The number of fused-ring (bicyclic) bond motifs is 1. The molecule has 1 aromatic carbocycles. The van der Waals surface area contributed by atoms with Crippen LogP contribution in [-0.2, 0) is 10.0 Å². The summed E-state index contributed by atoms with van der Waals surface area (Å²) in [7, 11) is -3.59. The van der Waals surface area contributed by atoms with Gasteiger partial charge in [0.15, 0.2) is 5.76 Å². The number of hydrogen-bond acceptors (Lipinski definition) is 5. The predicted octanol–water partition coefficient (Wildman–Crippen LogP) is 2.51. The van der Waals surface area contributed by atoms with E-state index in [4.69, 9.17) is 10.3 Å². The number of benzene rings is 1. The molecule has 2 aromatic rings. The molecule has 0 radical (unpaired) electrons. The number of sulfonamides is 1. The number of hydrogen-bond donors (Lipinski definition) is 1. The fourth-order valence-electron chi connectivity index (χ4n) is 4.06. The van der Waals surface area contributed by atoms with E-state index in [2.05, 4.69) is 5.16 Å². The van der Waals surface area contributed by atoms with Gasteiger partial charge in [-0.1, -0.05) is 23.7 Å². The van der Waals surface area contributed by atoms with Crippen molar-refractivity contribution >= 4 is 22.4 Å². The maximum atomic E-state index is 13.2. The van der Waals surface area contributed by atoms with Gasteiger partial charge in [-0.2, -0.15) is 4.31 Å². The lowest BCUT2D eigenvalue weighted by molar-refractivity contribution is 0.260. The Kier molecular flexibility index (Phi) is 5.20. The lowest BCUT2D eigenvalue weighted by Gasteiger charge is -2.29. The first kappa shape index (κ1) is 18.4. The number of halogens is 1. The second-order valence-corrected chi connectivity index (χ2v) is 8.62. The lowest BCUT2D eigenvalue weighted by Crippen LogP contribution is -2.38. The molecule has 2 N–H and O–H groups in total. The third-order valence-corrected chi connectivity index (χ3v) is 7.22. The molecular weight excluding hydrogens is 362 g/mol. The van der Waals surface area contributed by atoms with Gasteiger partial charge in [0.1, 0.15) is 0 Å². The van der Waals surface area contributed by atoms with E-state index >= 15 is 0 Å². The molecule has 1 saturated carbocycles. The molecule has 1 aromatic heterocycles. The van der Waals surface area contributed by atoms with Crippen LogP contribution in [0.5, 0.6) is 0 Å². The van der Waals surface area contributed by atoms with Crippen LogP contribution in [-0.4, -0.2) is 37.0 Å². The van der Waals surface area contributed by atoms with Crippen LogP contribution in [0, 0.1) is 11.8 Å². The van der Waals surface area contributed by atoms with Crippen molar-refractivity contribution in [2.24, 2.45) is 17.6 Å². The van der Waals surface area contributed by atoms with Crippen LogP contribution < -0.4 is 5.73 Å². The van der Waals surface area contributed by atoms with Crippen LogP contribution in [0.1, 0.15) is 19.3 Å². The summed E-state index contributed by atoms with van der Waals surface area (Å²) in [5, 5.41) is 3.69. The molecule has 0 amide bonds. The Morgan fingerprint density at radius 3 is 2.68 bits per heavy atom. The second kappa shape index (κ2) is 7.07. The zero-order valence-electron chi connectivity index (χ0n) is 13.7. The highest BCUT2D eigenvalue weighted by Gasteiger charge is 2.43. The summed E-state index contributed by atoms with van der Waals surface area (Å²) < 4.78 is 33.2. The number of aromatic nitrogens is 1. The van der Waals surface area contributed by atoms with E-state index in [0.29, 0.717) is 30.3 Å². The Bertz CT molecular complexity index is 825. The maximum Gasteiger partial charge on any atom is 0.243 e. The van der Waals surface area contributed by atoms with Crippen LogP contribution in [0.15, 0.2) is 45.9 Å². The minimum absolute atomic E-state index is 0. The molecule has 2 heterocycles. The van der Waals surface area contributed by atoms with E-state index in [-0.39, 0.29) is 29.3 Å². The van der Waals surface area contributed by atoms with Gasteiger partial charge in [-0.3, -0.25) is 0 Å². The fourth-order valence-corrected chi connectivity index (χ4v) is 5.79. The molecule has 0 bridgehead atoms. The van der Waals surface area contributed by atoms with E-state index in [9.17, 15) is 8.42 Å². The summed E-state index contributed by atoms with van der Waals surface area (Å²) in [6.45, 7) is 1.07. The standard InChI is InChI=1S/C17H21N3O3S.ClH/c18-15-6-3-4-12-10-20(11-14(12)15)24(21,22)17-7-2-1-5-13(17)16-8-9-19-23-16;/h1-2,5,7-9,12,14-15H,3-4,6,10-11,18H2;1H. The van der Waals surface area contributed by atoms with Crippen LogP contribution in [0.3, 0.4) is 0 Å². The van der Waals surface area contributed by atoms with Crippen molar-refractivity contribution in [1.82, 2.24) is 9.46 Å². The molecule has 4 rings (SSSR count). The summed E-state index contributed by atoms with van der Waals surface area (Å²) >= 11 is 0. The molecule has 1 saturated heterocycles. The molecule has 2 fully saturated rings. The Morgan fingerprint density at radius 2 is 1.96 bits per heavy atom. The molecule has 6 nitrogen and oxygen atoms in total. The fraction of sp³-hybridized carbons (Fsp3) is 0.471. The van der Waals surface area contributed by atoms with Crippen LogP contribution >= 0.6 is 12.4 Å². The van der Waals surface area contributed by atoms with E-state index in [1.165, 1.54) is 6.20 Å². The van der Waals surface area contributed by atoms with Gasteiger partial charge in [-0.15, -0.1) is 12.4 Å². The average molecular weight is 384 g/mol. The summed E-state index contributed by atoms with van der Waals surface area (Å²) in [6.07, 6.45) is 4.66. The molecule has 3 atom stereocenters. The van der Waals surface area contributed by atoms with Crippen molar-refractivity contribution in [3.05, 3.63) is 36.5 Å². The van der Waals surface area contributed by atoms with Gasteiger partial charge in [0.2, 0.25) is 10.0 Å². The number of rotatable bonds is 3. The van der Waals surface area contributed by atoms with Crippen molar-refractivity contribution in [1.29, 1.82) is 0 Å². The topological polar surface area (TPSA) is 89.4 Å². The smallest absolute Gasteiger partial charge is 0.243 e. The molecule has 136 valence electrons. The van der Waals surface area contributed by atoms with Crippen molar-refractivity contribution in [3.8, 4) is 11.3 Å². The first-order valence-electron chi connectivity index (χ1n) is 8.33. The maximum absolute atomic E-state index is 13.2. The normalized spacial score (nSPS) is 26.8. The number of nitrogens with two attached hydrogens (primary N) is 1. The zero-order valence-corrected chi connectivity index (χ0v) is 15.4. The first-order chi connectivity index (χ1) is 11.6. The van der Waals surface area contributed by atoms with Crippen LogP contribution in [0.2, 0.25) is 0 Å². The largest absolute Gasteiger partial charge is 0.356 e. The predicted molar refractivity (Wildman–Crippen MR) is 96.8 cm³/mol. The number of nitrogens with zero attached hydrogens (tertiary/aromatic N) is 2. The third kappa shape index (κ3) is 3.21. The third-order valence-electron chi connectivity index (χ3n) is 5.33. The lowest BCUT2D eigenvalue weighted by atomic mass is 9.78. The van der Waals surface area contributed by atoms with Gasteiger partial charge in [0, 0.05) is 30.8 Å². The summed E-state index contributed by atoms with van der Waals surface area (Å²) in [5.74, 6) is 1.11. The average Bonchev–Trinajstić information content (AvgIpc) is 3.25. The molecule has 1 aliphatic carbocycles. The second-order valence-electron chi connectivity index (χ2n) is 6.71. The summed E-state index contributed by atoms with van der Waals surface area (Å²) in [6, 6.07) is 8.71. The van der Waals surface area contributed by atoms with Gasteiger partial charge in [-0.05, 0) is 36.8 Å². The Balaban J connectivity index is 0.00000182. The van der Waals surface area contributed by atoms with E-state index in [0.717, 1.165) is 19.3 Å². The zero-order chi connectivity index (χ0) is 16.7. The Hall–Kier alpha value is -1.41. The van der Waals surface area contributed by atoms with Gasteiger partial charge in [0.05, 0.1) is 11.1 Å². The SMILES string of the molecule is Cl.NC1CCCC2CN(S(=O)(=O)c3ccccc3-c3ccno3)CC12. The van der Waals surface area contributed by atoms with Crippen molar-refractivity contribution < 1.29 is 12.9 Å².